The third kappa shape index (κ3) is 2.63. The minimum atomic E-state index is -3.52. The van der Waals surface area contributed by atoms with Crippen LogP contribution in [0.5, 0.6) is 0 Å². The van der Waals surface area contributed by atoms with Gasteiger partial charge in [0, 0.05) is 36.3 Å². The van der Waals surface area contributed by atoms with Gasteiger partial charge in [0.05, 0.1) is 6.04 Å². The van der Waals surface area contributed by atoms with Crippen LogP contribution in [0.15, 0.2) is 32.2 Å². The van der Waals surface area contributed by atoms with Gasteiger partial charge in [-0.15, -0.1) is 11.3 Å². The molecule has 114 valence electrons. The Kier molecular flexibility index (Phi) is 3.62. The summed E-state index contributed by atoms with van der Waals surface area (Å²) < 4.78 is 27.4. The lowest BCUT2D eigenvalue weighted by molar-refractivity contribution is 0.509. The zero-order valence-corrected chi connectivity index (χ0v) is 13.8. The Labute approximate surface area is 128 Å². The fourth-order valence-corrected chi connectivity index (χ4v) is 4.89. The first-order valence-electron chi connectivity index (χ1n) is 6.82. The molecule has 1 aromatic heterocycles. The maximum Gasteiger partial charge on any atom is 0.268 e. The molecule has 0 bridgehead atoms. The SMILES string of the molecule is CC1=N[C@@H](C)C(C)=C2C[C@H](NS(=O)(=O)c3nccs3)CN12. The molecule has 2 aliphatic heterocycles. The lowest BCUT2D eigenvalue weighted by Crippen LogP contribution is -2.38. The predicted molar refractivity (Wildman–Crippen MR) is 82.8 cm³/mol. The molecule has 8 heteroatoms. The highest BCUT2D eigenvalue weighted by molar-refractivity contribution is 7.91. The molecule has 0 spiro atoms. The molecule has 1 N–H and O–H groups in total. The summed E-state index contributed by atoms with van der Waals surface area (Å²) in [7, 11) is -3.52. The van der Waals surface area contributed by atoms with Gasteiger partial charge in [-0.2, -0.15) is 0 Å². The highest BCUT2D eigenvalue weighted by atomic mass is 32.2. The highest BCUT2D eigenvalue weighted by Crippen LogP contribution is 2.31. The van der Waals surface area contributed by atoms with Crippen LogP contribution in [0.3, 0.4) is 0 Å². The molecule has 3 heterocycles. The molecule has 0 saturated carbocycles. The number of nitrogens with one attached hydrogen (secondary N) is 1. The minimum Gasteiger partial charge on any atom is -0.332 e. The van der Waals surface area contributed by atoms with Crippen LogP contribution >= 0.6 is 11.3 Å². The highest BCUT2D eigenvalue weighted by Gasteiger charge is 2.35. The average Bonchev–Trinajstić information content (AvgIpc) is 3.04. The first kappa shape index (κ1) is 14.7. The summed E-state index contributed by atoms with van der Waals surface area (Å²) in [5.74, 6) is 0.957. The van der Waals surface area contributed by atoms with Crippen LogP contribution < -0.4 is 4.72 Å². The van der Waals surface area contributed by atoms with Crippen molar-refractivity contribution in [3.05, 3.63) is 22.8 Å². The van der Waals surface area contributed by atoms with E-state index in [9.17, 15) is 8.42 Å². The molecule has 1 fully saturated rings. The maximum atomic E-state index is 12.3. The number of hydrogen-bond donors (Lipinski definition) is 1. The summed E-state index contributed by atoms with van der Waals surface area (Å²) in [6.45, 7) is 6.73. The van der Waals surface area contributed by atoms with E-state index in [1.807, 2.05) is 6.92 Å². The fraction of sp³-hybridized carbons (Fsp3) is 0.538. The van der Waals surface area contributed by atoms with E-state index >= 15 is 0 Å². The number of sulfonamides is 1. The molecule has 2 atom stereocenters. The Balaban J connectivity index is 1.81. The van der Waals surface area contributed by atoms with E-state index in [0.29, 0.717) is 13.0 Å². The Bertz CT molecular complexity index is 707. The number of aliphatic imine (C=N–C) groups is 1. The van der Waals surface area contributed by atoms with Gasteiger partial charge in [-0.05, 0) is 26.3 Å². The Morgan fingerprint density at radius 2 is 2.19 bits per heavy atom. The van der Waals surface area contributed by atoms with Crippen LogP contribution in [0.4, 0.5) is 0 Å². The van der Waals surface area contributed by atoms with Crippen LogP contribution in [0.2, 0.25) is 0 Å². The van der Waals surface area contributed by atoms with Crippen LogP contribution in [0.1, 0.15) is 27.2 Å². The monoisotopic (exact) mass is 326 g/mol. The topological polar surface area (TPSA) is 74.7 Å². The first-order chi connectivity index (χ1) is 9.88. The van der Waals surface area contributed by atoms with E-state index in [4.69, 9.17) is 0 Å². The van der Waals surface area contributed by atoms with Crippen molar-refractivity contribution in [3.8, 4) is 0 Å². The molecule has 2 aliphatic rings. The lowest BCUT2D eigenvalue weighted by Gasteiger charge is -2.28. The zero-order valence-electron chi connectivity index (χ0n) is 12.2. The molecular formula is C13H18N4O2S2. The molecule has 0 unspecified atom stereocenters. The van der Waals surface area contributed by atoms with Crippen LogP contribution in [-0.2, 0) is 10.0 Å². The minimum absolute atomic E-state index is 0.122. The van der Waals surface area contributed by atoms with E-state index in [0.717, 1.165) is 17.2 Å². The summed E-state index contributed by atoms with van der Waals surface area (Å²) >= 11 is 1.13. The van der Waals surface area contributed by atoms with Gasteiger partial charge in [-0.25, -0.2) is 18.1 Å². The summed E-state index contributed by atoms with van der Waals surface area (Å²) in [6, 6.07) is 0.0323. The van der Waals surface area contributed by atoms with E-state index in [-0.39, 0.29) is 16.4 Å². The van der Waals surface area contributed by atoms with Gasteiger partial charge in [0.25, 0.3) is 10.0 Å². The maximum absolute atomic E-state index is 12.3. The molecular weight excluding hydrogens is 308 g/mol. The molecule has 21 heavy (non-hydrogen) atoms. The van der Waals surface area contributed by atoms with Gasteiger partial charge in [0.15, 0.2) is 0 Å². The van der Waals surface area contributed by atoms with E-state index < -0.39 is 10.0 Å². The number of aromatic nitrogens is 1. The van der Waals surface area contributed by atoms with Gasteiger partial charge in [-0.1, -0.05) is 0 Å². The van der Waals surface area contributed by atoms with Crippen molar-refractivity contribution in [2.45, 2.75) is 43.6 Å². The largest absolute Gasteiger partial charge is 0.332 e. The molecule has 0 amide bonds. The normalized spacial score (nSPS) is 26.0. The van der Waals surface area contributed by atoms with Crippen molar-refractivity contribution in [1.29, 1.82) is 0 Å². The standard InChI is InChI=1S/C13H18N4O2S2/c1-8-9(2)15-10(3)17-7-11(6-12(8)17)16-21(18,19)13-14-4-5-20-13/h4-5,9,11,16H,6-7H2,1-3H3/t9-,11-/m0/s1. The van der Waals surface area contributed by atoms with Crippen molar-refractivity contribution in [1.82, 2.24) is 14.6 Å². The van der Waals surface area contributed by atoms with E-state index in [2.05, 4.69) is 33.4 Å². The number of hydrogen-bond acceptors (Lipinski definition) is 6. The van der Waals surface area contributed by atoms with Crippen molar-refractivity contribution in [2.24, 2.45) is 4.99 Å². The Hall–Kier alpha value is -1.25. The molecule has 3 rings (SSSR count). The smallest absolute Gasteiger partial charge is 0.268 e. The average molecular weight is 326 g/mol. The fourth-order valence-electron chi connectivity index (χ4n) is 2.82. The van der Waals surface area contributed by atoms with Gasteiger partial charge >= 0.3 is 0 Å². The number of thiazole rings is 1. The Morgan fingerprint density at radius 3 is 2.86 bits per heavy atom. The van der Waals surface area contributed by atoms with Gasteiger partial charge in [0.1, 0.15) is 5.84 Å². The molecule has 6 nitrogen and oxygen atoms in total. The number of amidine groups is 1. The second-order valence-corrected chi connectivity index (χ2v) is 8.20. The quantitative estimate of drug-likeness (QED) is 0.915. The second-order valence-electron chi connectivity index (χ2n) is 5.41. The molecule has 1 saturated heterocycles. The third-order valence-corrected chi connectivity index (χ3v) is 6.70. The van der Waals surface area contributed by atoms with Crippen molar-refractivity contribution >= 4 is 27.2 Å². The summed E-state index contributed by atoms with van der Waals surface area (Å²) in [6.07, 6.45) is 2.20. The van der Waals surface area contributed by atoms with Crippen molar-refractivity contribution < 1.29 is 8.42 Å². The Morgan fingerprint density at radius 1 is 1.43 bits per heavy atom. The summed E-state index contributed by atoms with van der Waals surface area (Å²) in [5.41, 5.74) is 2.42. The first-order valence-corrected chi connectivity index (χ1v) is 9.18. The molecule has 0 radical (unpaired) electrons. The van der Waals surface area contributed by atoms with Gasteiger partial charge in [0.2, 0.25) is 4.34 Å². The van der Waals surface area contributed by atoms with Crippen LogP contribution in [0.25, 0.3) is 0 Å². The summed E-state index contributed by atoms with van der Waals surface area (Å²) in [4.78, 5) is 10.6. The molecule has 1 aromatic rings. The molecule has 0 aliphatic carbocycles. The third-order valence-electron chi connectivity index (χ3n) is 3.98. The van der Waals surface area contributed by atoms with Gasteiger partial charge in [-0.3, -0.25) is 4.99 Å². The van der Waals surface area contributed by atoms with Crippen molar-refractivity contribution in [3.63, 3.8) is 0 Å². The number of fused-ring (bicyclic) bond motifs is 1. The van der Waals surface area contributed by atoms with E-state index in [1.54, 1.807) is 5.38 Å². The van der Waals surface area contributed by atoms with Crippen LogP contribution in [-0.4, -0.2) is 42.8 Å². The predicted octanol–water partition coefficient (Wildman–Crippen LogP) is 1.59. The summed E-state index contributed by atoms with van der Waals surface area (Å²) in [5, 5.41) is 1.66. The second kappa shape index (κ2) is 5.19. The van der Waals surface area contributed by atoms with Crippen LogP contribution in [0, 0.1) is 0 Å². The number of nitrogens with zero attached hydrogens (tertiary/aromatic N) is 3. The number of rotatable bonds is 3. The van der Waals surface area contributed by atoms with Gasteiger partial charge < -0.3 is 4.90 Å². The molecule has 0 aromatic carbocycles. The lowest BCUT2D eigenvalue weighted by atomic mass is 10.0. The van der Waals surface area contributed by atoms with Crippen molar-refractivity contribution in [2.75, 3.05) is 6.54 Å². The zero-order chi connectivity index (χ0) is 15.2. The van der Waals surface area contributed by atoms with E-state index in [1.165, 1.54) is 17.5 Å².